The lowest BCUT2D eigenvalue weighted by Gasteiger charge is -2.18. The molecule has 0 unspecified atom stereocenters. The minimum Gasteiger partial charge on any atom is -0.443 e. The van der Waals surface area contributed by atoms with Crippen LogP contribution in [0.1, 0.15) is 31.3 Å². The maximum absolute atomic E-state index is 11.7. The van der Waals surface area contributed by atoms with E-state index >= 15 is 0 Å². The number of nitrogens with zero attached hydrogens (tertiary/aromatic N) is 2. The predicted molar refractivity (Wildman–Crippen MR) is 76.4 cm³/mol. The fraction of sp³-hybridized carbons (Fsp3) is 0.545. The first kappa shape index (κ1) is 17.9. The van der Waals surface area contributed by atoms with E-state index in [1.54, 1.807) is 25.5 Å². The van der Waals surface area contributed by atoms with Crippen LogP contribution >= 0.6 is 0 Å². The average Bonchev–Trinajstić information content (AvgIpc) is 2.73. The normalized spacial score (nSPS) is 12.1. The Labute approximate surface area is 128 Å². The molecule has 1 aromatic heterocycles. The largest absolute Gasteiger partial charge is 0.443 e. The van der Waals surface area contributed by atoms with Gasteiger partial charge in [0.2, 0.25) is 0 Å². The van der Waals surface area contributed by atoms with Crippen LogP contribution in [0.15, 0.2) is 10.7 Å². The van der Waals surface area contributed by atoms with Gasteiger partial charge in [-0.3, -0.25) is 4.79 Å². The third kappa shape index (κ3) is 5.33. The number of carbonyl (C=O) groups is 2. The van der Waals surface area contributed by atoms with Crippen LogP contribution in [0.2, 0.25) is 0 Å². The highest BCUT2D eigenvalue weighted by Crippen LogP contribution is 2.12. The number of nitrogens with one attached hydrogen (secondary N) is 2. The minimum absolute atomic E-state index is 0.290. The van der Waals surface area contributed by atoms with Crippen molar-refractivity contribution < 1.29 is 27.2 Å². The van der Waals surface area contributed by atoms with Crippen molar-refractivity contribution in [1.29, 1.82) is 0 Å². The van der Waals surface area contributed by atoms with E-state index in [0.717, 1.165) is 10.6 Å². The molecular formula is C11H18N4O6S. The molecule has 1 rings (SSSR count). The Morgan fingerprint density at radius 3 is 2.41 bits per heavy atom. The lowest BCUT2D eigenvalue weighted by molar-refractivity contribution is 0.0631. The number of anilines is 1. The number of oxazole rings is 1. The Bertz CT molecular complexity index is 658. The first-order valence-corrected chi connectivity index (χ1v) is 7.55. The van der Waals surface area contributed by atoms with Crippen LogP contribution in [-0.4, -0.2) is 49.4 Å². The number of carbonyl (C=O) groups excluding carboxylic acids is 2. The second kappa shape index (κ2) is 6.32. The Kier molecular flexibility index (Phi) is 5.14. The molecule has 0 saturated carbocycles. The van der Waals surface area contributed by atoms with Gasteiger partial charge in [0.1, 0.15) is 11.9 Å². The summed E-state index contributed by atoms with van der Waals surface area (Å²) in [6.45, 7) is 5.02. The van der Waals surface area contributed by atoms with Gasteiger partial charge in [-0.2, -0.15) is 17.7 Å². The van der Waals surface area contributed by atoms with E-state index in [1.807, 2.05) is 0 Å². The zero-order valence-corrected chi connectivity index (χ0v) is 13.6. The molecule has 0 aliphatic rings. The van der Waals surface area contributed by atoms with Crippen LogP contribution in [-0.2, 0) is 14.9 Å². The van der Waals surface area contributed by atoms with Gasteiger partial charge in [-0.1, -0.05) is 0 Å². The lowest BCUT2D eigenvalue weighted by Crippen LogP contribution is -2.39. The topological polar surface area (TPSA) is 131 Å². The predicted octanol–water partition coefficient (Wildman–Crippen LogP) is 0.558. The SMILES string of the molecule is CN(C)S(=O)(=O)NC(=O)c1coc(NC(=O)OC(C)(C)C)n1. The van der Waals surface area contributed by atoms with Gasteiger partial charge in [0.05, 0.1) is 0 Å². The summed E-state index contributed by atoms with van der Waals surface area (Å²) in [5.74, 6) is -0.991. The number of hydrogen-bond acceptors (Lipinski definition) is 7. The Balaban J connectivity index is 2.72. The molecule has 10 nitrogen and oxygen atoms in total. The van der Waals surface area contributed by atoms with Gasteiger partial charge >= 0.3 is 22.3 Å². The van der Waals surface area contributed by atoms with Gasteiger partial charge in [-0.15, -0.1) is 0 Å². The molecule has 124 valence electrons. The van der Waals surface area contributed by atoms with Crippen molar-refractivity contribution in [3.63, 3.8) is 0 Å². The molecule has 2 N–H and O–H groups in total. The number of amides is 2. The lowest BCUT2D eigenvalue weighted by atomic mass is 10.2. The quantitative estimate of drug-likeness (QED) is 0.822. The molecule has 1 heterocycles. The molecule has 0 aromatic carbocycles. The van der Waals surface area contributed by atoms with E-state index in [4.69, 9.17) is 9.15 Å². The van der Waals surface area contributed by atoms with Crippen LogP contribution < -0.4 is 10.0 Å². The Morgan fingerprint density at radius 2 is 1.91 bits per heavy atom. The van der Waals surface area contributed by atoms with E-state index in [2.05, 4.69) is 10.3 Å². The fourth-order valence-corrected chi connectivity index (χ4v) is 1.61. The molecule has 1 aromatic rings. The summed E-state index contributed by atoms with van der Waals surface area (Å²) in [5.41, 5.74) is -1.02. The summed E-state index contributed by atoms with van der Waals surface area (Å²) in [7, 11) is -1.43. The molecule has 0 fully saturated rings. The zero-order valence-electron chi connectivity index (χ0n) is 12.8. The van der Waals surface area contributed by atoms with E-state index in [1.165, 1.54) is 14.1 Å². The molecule has 0 aliphatic heterocycles. The van der Waals surface area contributed by atoms with Gasteiger partial charge in [0.25, 0.3) is 5.91 Å². The van der Waals surface area contributed by atoms with Gasteiger partial charge in [0, 0.05) is 14.1 Å². The average molecular weight is 334 g/mol. The van der Waals surface area contributed by atoms with Crippen LogP contribution in [0.4, 0.5) is 10.8 Å². The monoisotopic (exact) mass is 334 g/mol. The maximum Gasteiger partial charge on any atom is 0.415 e. The molecule has 22 heavy (non-hydrogen) atoms. The Hall–Kier alpha value is -2.14. The van der Waals surface area contributed by atoms with Crippen LogP contribution in [0, 0.1) is 0 Å². The summed E-state index contributed by atoms with van der Waals surface area (Å²) in [4.78, 5) is 26.8. The third-order valence-electron chi connectivity index (χ3n) is 2.05. The number of ether oxygens (including phenoxy) is 1. The first-order valence-electron chi connectivity index (χ1n) is 6.11. The highest BCUT2D eigenvalue weighted by atomic mass is 32.2. The molecule has 0 radical (unpaired) electrons. The van der Waals surface area contributed by atoms with Crippen LogP contribution in [0.25, 0.3) is 0 Å². The van der Waals surface area contributed by atoms with Gasteiger partial charge in [-0.25, -0.2) is 14.8 Å². The van der Waals surface area contributed by atoms with E-state index in [-0.39, 0.29) is 11.7 Å². The summed E-state index contributed by atoms with van der Waals surface area (Å²) < 4.78 is 35.4. The summed E-state index contributed by atoms with van der Waals surface area (Å²) >= 11 is 0. The third-order valence-corrected chi connectivity index (χ3v) is 3.45. The fourth-order valence-electron chi connectivity index (χ4n) is 1.09. The number of rotatable bonds is 4. The van der Waals surface area contributed by atoms with Crippen molar-refractivity contribution in [1.82, 2.24) is 14.0 Å². The highest BCUT2D eigenvalue weighted by molar-refractivity contribution is 7.87. The van der Waals surface area contributed by atoms with Crippen LogP contribution in [0.5, 0.6) is 0 Å². The second-order valence-corrected chi connectivity index (χ2v) is 7.27. The number of aromatic nitrogens is 1. The van der Waals surface area contributed by atoms with E-state index < -0.39 is 27.8 Å². The van der Waals surface area contributed by atoms with Gasteiger partial charge in [-0.05, 0) is 20.8 Å². The van der Waals surface area contributed by atoms with E-state index in [0.29, 0.717) is 0 Å². The van der Waals surface area contributed by atoms with Crippen molar-refractivity contribution in [2.24, 2.45) is 0 Å². The molecule has 0 bridgehead atoms. The summed E-state index contributed by atoms with van der Waals surface area (Å²) in [6.07, 6.45) is 0.0925. The first-order chi connectivity index (χ1) is 9.90. The van der Waals surface area contributed by atoms with Crippen molar-refractivity contribution in [3.05, 3.63) is 12.0 Å². The van der Waals surface area contributed by atoms with Crippen molar-refractivity contribution in [2.75, 3.05) is 19.4 Å². The molecule has 2 amide bonds. The summed E-state index contributed by atoms with van der Waals surface area (Å²) in [5, 5.41) is 2.18. The molecular weight excluding hydrogens is 316 g/mol. The van der Waals surface area contributed by atoms with Gasteiger partial charge < -0.3 is 9.15 Å². The molecule has 0 atom stereocenters. The van der Waals surface area contributed by atoms with Gasteiger partial charge in [0.15, 0.2) is 5.69 Å². The number of hydrogen-bond donors (Lipinski definition) is 2. The highest BCUT2D eigenvalue weighted by Gasteiger charge is 2.22. The van der Waals surface area contributed by atoms with Crippen molar-refractivity contribution >= 4 is 28.2 Å². The smallest absolute Gasteiger partial charge is 0.415 e. The standard InChI is InChI=1S/C11H18N4O6S/c1-11(2,3)21-10(17)13-9-12-7(6-20-9)8(16)14-22(18,19)15(4)5/h6H,1-5H3,(H,14,16)(H,12,13,17). The molecule has 11 heteroatoms. The molecule has 0 aliphatic carbocycles. The minimum atomic E-state index is -3.94. The molecule has 0 saturated heterocycles. The Morgan fingerprint density at radius 1 is 1.32 bits per heavy atom. The van der Waals surface area contributed by atoms with Crippen LogP contribution in [0.3, 0.4) is 0 Å². The maximum atomic E-state index is 11.7. The van der Waals surface area contributed by atoms with Crippen molar-refractivity contribution in [3.8, 4) is 0 Å². The second-order valence-electron chi connectivity index (χ2n) is 5.38. The van der Waals surface area contributed by atoms with E-state index in [9.17, 15) is 18.0 Å². The summed E-state index contributed by atoms with van der Waals surface area (Å²) in [6, 6.07) is -0.290. The van der Waals surface area contributed by atoms with Crippen molar-refractivity contribution in [2.45, 2.75) is 26.4 Å². The zero-order chi connectivity index (χ0) is 17.1. The molecule has 0 spiro atoms.